The third-order valence-electron chi connectivity index (χ3n) is 3.20. The highest BCUT2D eigenvalue weighted by Gasteiger charge is 2.18. The van der Waals surface area contributed by atoms with Crippen molar-refractivity contribution in [2.75, 3.05) is 26.8 Å². The maximum atomic E-state index is 11.9. The zero-order valence-corrected chi connectivity index (χ0v) is 11.4. The molecule has 0 radical (unpaired) electrons. The highest BCUT2D eigenvalue weighted by molar-refractivity contribution is 5.81. The summed E-state index contributed by atoms with van der Waals surface area (Å²) < 4.78 is 10.7. The first-order valence-corrected chi connectivity index (χ1v) is 6.50. The van der Waals surface area contributed by atoms with E-state index < -0.39 is 0 Å². The summed E-state index contributed by atoms with van der Waals surface area (Å²) in [5, 5.41) is 11.5. The average Bonchev–Trinajstić information content (AvgIpc) is 3.00. The lowest BCUT2D eigenvalue weighted by Crippen LogP contribution is -2.32. The van der Waals surface area contributed by atoms with E-state index >= 15 is 0 Å². The van der Waals surface area contributed by atoms with Crippen molar-refractivity contribution in [2.45, 2.75) is 12.8 Å². The molecule has 1 aromatic rings. The number of carbonyl (C=O) groups excluding carboxylic acids is 1. The Labute approximate surface area is 117 Å². The summed E-state index contributed by atoms with van der Waals surface area (Å²) in [5.41, 5.74) is 0.683. The Kier molecular flexibility index (Phi) is 4.81. The number of rotatable bonds is 5. The number of carbonyl (C=O) groups is 1. The molecule has 1 N–H and O–H groups in total. The van der Waals surface area contributed by atoms with Crippen molar-refractivity contribution in [1.29, 1.82) is 0 Å². The van der Waals surface area contributed by atoms with Gasteiger partial charge in [0.2, 0.25) is 0 Å². The van der Waals surface area contributed by atoms with E-state index in [2.05, 4.69) is 5.16 Å². The fourth-order valence-corrected chi connectivity index (χ4v) is 2.15. The second-order valence-electron chi connectivity index (χ2n) is 4.53. The van der Waals surface area contributed by atoms with Crippen LogP contribution in [0.15, 0.2) is 23.4 Å². The Bertz CT molecular complexity index is 496. The predicted molar refractivity (Wildman–Crippen MR) is 73.7 cm³/mol. The molecule has 1 saturated heterocycles. The standard InChI is InChI=1S/C14H18N2O4/c1-19-13-8-11(9-15-18)4-5-12(13)20-10-14(17)16-6-2-3-7-16/h4-5,8-9,18H,2-3,6-7,10H2,1H3/b15-9-. The third-order valence-corrected chi connectivity index (χ3v) is 3.20. The summed E-state index contributed by atoms with van der Waals surface area (Å²) in [6, 6.07) is 5.08. The molecule has 1 aliphatic heterocycles. The van der Waals surface area contributed by atoms with Gasteiger partial charge in [-0.2, -0.15) is 0 Å². The van der Waals surface area contributed by atoms with Crippen LogP contribution in [0.25, 0.3) is 0 Å². The van der Waals surface area contributed by atoms with E-state index in [4.69, 9.17) is 14.7 Å². The van der Waals surface area contributed by atoms with Gasteiger partial charge in [-0.3, -0.25) is 4.79 Å². The minimum Gasteiger partial charge on any atom is -0.493 e. The molecule has 0 aliphatic carbocycles. The lowest BCUT2D eigenvalue weighted by Gasteiger charge is -2.16. The SMILES string of the molecule is COc1cc(/C=N\O)ccc1OCC(=O)N1CCCC1. The molecule has 0 spiro atoms. The first-order chi connectivity index (χ1) is 9.74. The molecule has 1 heterocycles. The number of methoxy groups -OCH3 is 1. The highest BCUT2D eigenvalue weighted by atomic mass is 16.5. The van der Waals surface area contributed by atoms with Crippen molar-refractivity contribution in [3.63, 3.8) is 0 Å². The van der Waals surface area contributed by atoms with E-state index in [1.807, 2.05) is 0 Å². The van der Waals surface area contributed by atoms with Gasteiger partial charge in [-0.25, -0.2) is 0 Å². The number of ether oxygens (including phenoxy) is 2. The summed E-state index contributed by atoms with van der Waals surface area (Å²) >= 11 is 0. The van der Waals surface area contributed by atoms with Gasteiger partial charge in [-0.15, -0.1) is 0 Å². The van der Waals surface area contributed by atoms with Crippen LogP contribution in [0.4, 0.5) is 0 Å². The highest BCUT2D eigenvalue weighted by Crippen LogP contribution is 2.27. The second kappa shape index (κ2) is 6.79. The molecule has 2 rings (SSSR count). The van der Waals surface area contributed by atoms with Crippen molar-refractivity contribution in [2.24, 2.45) is 5.16 Å². The monoisotopic (exact) mass is 278 g/mol. The van der Waals surface area contributed by atoms with E-state index in [-0.39, 0.29) is 12.5 Å². The van der Waals surface area contributed by atoms with E-state index in [1.54, 1.807) is 23.1 Å². The third kappa shape index (κ3) is 3.40. The number of hydrogen-bond acceptors (Lipinski definition) is 5. The van der Waals surface area contributed by atoms with Crippen LogP contribution in [-0.4, -0.2) is 49.0 Å². The van der Waals surface area contributed by atoms with Gasteiger partial charge in [0.1, 0.15) is 0 Å². The van der Waals surface area contributed by atoms with E-state index in [9.17, 15) is 4.79 Å². The van der Waals surface area contributed by atoms with E-state index in [0.717, 1.165) is 25.9 Å². The van der Waals surface area contributed by atoms with Crippen LogP contribution in [-0.2, 0) is 4.79 Å². The van der Waals surface area contributed by atoms with E-state index in [1.165, 1.54) is 13.3 Å². The molecule has 1 fully saturated rings. The van der Waals surface area contributed by atoms with Crippen molar-refractivity contribution >= 4 is 12.1 Å². The molecule has 20 heavy (non-hydrogen) atoms. The quantitative estimate of drug-likeness (QED) is 0.503. The molecule has 6 heteroatoms. The van der Waals surface area contributed by atoms with Crippen LogP contribution >= 0.6 is 0 Å². The molecule has 0 atom stereocenters. The second-order valence-corrected chi connectivity index (χ2v) is 4.53. The normalized spacial score (nSPS) is 14.8. The first-order valence-electron chi connectivity index (χ1n) is 6.50. The fourth-order valence-electron chi connectivity index (χ4n) is 2.15. The summed E-state index contributed by atoms with van der Waals surface area (Å²) in [4.78, 5) is 13.7. The molecule has 0 aromatic heterocycles. The summed E-state index contributed by atoms with van der Waals surface area (Å²) in [5.74, 6) is 0.984. The molecular weight excluding hydrogens is 260 g/mol. The number of likely N-dealkylation sites (tertiary alicyclic amines) is 1. The van der Waals surface area contributed by atoms with E-state index in [0.29, 0.717) is 17.1 Å². The summed E-state index contributed by atoms with van der Waals surface area (Å²) in [6.07, 6.45) is 3.41. The van der Waals surface area contributed by atoms with Gasteiger partial charge >= 0.3 is 0 Å². The van der Waals surface area contributed by atoms with Gasteiger partial charge in [0.05, 0.1) is 13.3 Å². The van der Waals surface area contributed by atoms with Gasteiger partial charge in [-0.1, -0.05) is 5.16 Å². The largest absolute Gasteiger partial charge is 0.493 e. The number of amides is 1. The number of hydrogen-bond donors (Lipinski definition) is 1. The average molecular weight is 278 g/mol. The smallest absolute Gasteiger partial charge is 0.260 e. The molecule has 0 bridgehead atoms. The molecule has 6 nitrogen and oxygen atoms in total. The van der Waals surface area contributed by atoms with Crippen LogP contribution in [0.1, 0.15) is 18.4 Å². The minimum atomic E-state index is -0.00875. The molecule has 1 aromatic carbocycles. The van der Waals surface area contributed by atoms with Crippen LogP contribution < -0.4 is 9.47 Å². The maximum Gasteiger partial charge on any atom is 0.260 e. The Morgan fingerprint density at radius 2 is 2.15 bits per heavy atom. The van der Waals surface area contributed by atoms with Crippen LogP contribution in [0, 0.1) is 0 Å². The first kappa shape index (κ1) is 14.2. The lowest BCUT2D eigenvalue weighted by molar-refractivity contribution is -0.132. The number of benzene rings is 1. The molecular formula is C14H18N2O4. The molecule has 0 saturated carbocycles. The topological polar surface area (TPSA) is 71.4 Å². The van der Waals surface area contributed by atoms with Gasteiger partial charge in [0.25, 0.3) is 5.91 Å². The maximum absolute atomic E-state index is 11.9. The lowest BCUT2D eigenvalue weighted by atomic mass is 10.2. The van der Waals surface area contributed by atoms with Crippen molar-refractivity contribution in [3.05, 3.63) is 23.8 Å². The Morgan fingerprint density at radius 3 is 2.80 bits per heavy atom. The van der Waals surface area contributed by atoms with Crippen LogP contribution in [0.5, 0.6) is 11.5 Å². The predicted octanol–water partition coefficient (Wildman–Crippen LogP) is 1.50. The fraction of sp³-hybridized carbons (Fsp3) is 0.429. The minimum absolute atomic E-state index is 0.00377. The Hall–Kier alpha value is -2.24. The van der Waals surface area contributed by atoms with Crippen molar-refractivity contribution in [1.82, 2.24) is 4.90 Å². The summed E-state index contributed by atoms with van der Waals surface area (Å²) in [7, 11) is 1.52. The van der Waals surface area contributed by atoms with Gasteiger partial charge in [-0.05, 0) is 31.0 Å². The number of nitrogens with zero attached hydrogens (tertiary/aromatic N) is 2. The molecule has 0 unspecified atom stereocenters. The van der Waals surface area contributed by atoms with Gasteiger partial charge in [0, 0.05) is 18.7 Å². The molecule has 1 aliphatic rings. The van der Waals surface area contributed by atoms with Gasteiger partial charge in [0.15, 0.2) is 18.1 Å². The zero-order chi connectivity index (χ0) is 14.4. The van der Waals surface area contributed by atoms with Gasteiger partial charge < -0.3 is 19.6 Å². The molecule has 1 amide bonds. The Morgan fingerprint density at radius 1 is 1.40 bits per heavy atom. The zero-order valence-electron chi connectivity index (χ0n) is 11.4. The summed E-state index contributed by atoms with van der Waals surface area (Å²) in [6.45, 7) is 1.63. The van der Waals surface area contributed by atoms with Crippen molar-refractivity contribution < 1.29 is 19.5 Å². The van der Waals surface area contributed by atoms with Crippen LogP contribution in [0.2, 0.25) is 0 Å². The Balaban J connectivity index is 1.99. The van der Waals surface area contributed by atoms with Crippen LogP contribution in [0.3, 0.4) is 0 Å². The van der Waals surface area contributed by atoms with Crippen molar-refractivity contribution in [3.8, 4) is 11.5 Å². The molecule has 108 valence electrons. The number of oxime groups is 1.